The first-order valence-corrected chi connectivity index (χ1v) is 7.05. The average Bonchev–Trinajstić information content (AvgIpc) is 2.50. The Balaban J connectivity index is 2.08. The maximum atomic E-state index is 9.14. The van der Waals surface area contributed by atoms with Crippen LogP contribution in [0, 0.1) is 5.92 Å². The van der Waals surface area contributed by atoms with Crippen molar-refractivity contribution < 1.29 is 9.84 Å². The van der Waals surface area contributed by atoms with Crippen molar-refractivity contribution in [3.8, 4) is 5.75 Å². The van der Waals surface area contributed by atoms with E-state index in [1.165, 1.54) is 16.3 Å². The van der Waals surface area contributed by atoms with E-state index in [0.29, 0.717) is 6.04 Å². The first kappa shape index (κ1) is 14.8. The highest BCUT2D eigenvalue weighted by Gasteiger charge is 2.10. The predicted molar refractivity (Wildman–Crippen MR) is 83.1 cm³/mol. The minimum Gasteiger partial charge on any atom is -0.497 e. The predicted octanol–water partition coefficient (Wildman–Crippen LogP) is 2.95. The van der Waals surface area contributed by atoms with E-state index in [1.54, 1.807) is 7.11 Å². The Hall–Kier alpha value is -1.58. The van der Waals surface area contributed by atoms with Crippen LogP contribution in [0.25, 0.3) is 10.8 Å². The molecule has 2 atom stereocenters. The third-order valence-corrected chi connectivity index (χ3v) is 3.88. The molecule has 2 rings (SSSR count). The molecule has 0 spiro atoms. The summed E-state index contributed by atoms with van der Waals surface area (Å²) in [6.45, 7) is 5.18. The summed E-state index contributed by atoms with van der Waals surface area (Å²) >= 11 is 0. The molecule has 3 heteroatoms. The lowest BCUT2D eigenvalue weighted by atomic mass is 10.0. The molecule has 0 fully saturated rings. The van der Waals surface area contributed by atoms with Crippen LogP contribution in [0.3, 0.4) is 0 Å². The summed E-state index contributed by atoms with van der Waals surface area (Å²) < 4.78 is 5.23. The maximum absolute atomic E-state index is 9.14. The maximum Gasteiger partial charge on any atom is 0.119 e. The van der Waals surface area contributed by atoms with Crippen molar-refractivity contribution >= 4 is 10.8 Å². The zero-order chi connectivity index (χ0) is 14.5. The second-order valence-electron chi connectivity index (χ2n) is 5.38. The van der Waals surface area contributed by atoms with Gasteiger partial charge in [-0.2, -0.15) is 0 Å². The van der Waals surface area contributed by atoms with Gasteiger partial charge in [-0.05, 0) is 47.4 Å². The van der Waals surface area contributed by atoms with Gasteiger partial charge in [0, 0.05) is 19.2 Å². The fourth-order valence-corrected chi connectivity index (χ4v) is 2.15. The second-order valence-corrected chi connectivity index (χ2v) is 5.38. The number of fused-ring (bicyclic) bond motifs is 1. The van der Waals surface area contributed by atoms with Gasteiger partial charge in [-0.3, -0.25) is 0 Å². The summed E-state index contributed by atoms with van der Waals surface area (Å²) in [6.07, 6.45) is 0. The van der Waals surface area contributed by atoms with Gasteiger partial charge in [0.1, 0.15) is 5.75 Å². The highest BCUT2D eigenvalue weighted by Crippen LogP contribution is 2.21. The van der Waals surface area contributed by atoms with Crippen LogP contribution in [-0.2, 0) is 6.54 Å². The Morgan fingerprint density at radius 2 is 1.80 bits per heavy atom. The SMILES string of the molecule is COc1ccc2cc(CNC(C)C(C)CO)ccc2c1. The number of aliphatic hydroxyl groups excluding tert-OH is 1. The van der Waals surface area contributed by atoms with Gasteiger partial charge < -0.3 is 15.2 Å². The molecule has 0 aliphatic heterocycles. The summed E-state index contributed by atoms with van der Waals surface area (Å²) in [4.78, 5) is 0. The quantitative estimate of drug-likeness (QED) is 0.850. The highest BCUT2D eigenvalue weighted by molar-refractivity contribution is 5.84. The molecule has 0 aromatic heterocycles. The van der Waals surface area contributed by atoms with Crippen LogP contribution in [0.5, 0.6) is 5.75 Å². The highest BCUT2D eigenvalue weighted by atomic mass is 16.5. The van der Waals surface area contributed by atoms with Gasteiger partial charge in [0.2, 0.25) is 0 Å². The Bertz CT molecular complexity index is 568. The van der Waals surface area contributed by atoms with E-state index < -0.39 is 0 Å². The topological polar surface area (TPSA) is 41.5 Å². The minimum atomic E-state index is 0.214. The average molecular weight is 273 g/mol. The van der Waals surface area contributed by atoms with E-state index >= 15 is 0 Å². The second kappa shape index (κ2) is 6.73. The van der Waals surface area contributed by atoms with Crippen molar-refractivity contribution in [1.82, 2.24) is 5.32 Å². The van der Waals surface area contributed by atoms with Crippen LogP contribution in [0.2, 0.25) is 0 Å². The lowest BCUT2D eigenvalue weighted by molar-refractivity contribution is 0.207. The molecule has 108 valence electrons. The van der Waals surface area contributed by atoms with Crippen molar-refractivity contribution in [3.63, 3.8) is 0 Å². The van der Waals surface area contributed by atoms with E-state index in [4.69, 9.17) is 9.84 Å². The molecule has 2 unspecified atom stereocenters. The van der Waals surface area contributed by atoms with Crippen molar-refractivity contribution in [1.29, 1.82) is 0 Å². The fourth-order valence-electron chi connectivity index (χ4n) is 2.15. The largest absolute Gasteiger partial charge is 0.497 e. The van der Waals surface area contributed by atoms with E-state index in [2.05, 4.69) is 36.5 Å². The van der Waals surface area contributed by atoms with Crippen LogP contribution < -0.4 is 10.1 Å². The van der Waals surface area contributed by atoms with E-state index in [9.17, 15) is 0 Å². The molecule has 20 heavy (non-hydrogen) atoms. The number of hydrogen-bond acceptors (Lipinski definition) is 3. The van der Waals surface area contributed by atoms with Crippen molar-refractivity contribution in [2.45, 2.75) is 26.4 Å². The Labute approximate surface area is 120 Å². The summed E-state index contributed by atoms with van der Waals surface area (Å²) in [6, 6.07) is 12.8. The van der Waals surface area contributed by atoms with E-state index in [-0.39, 0.29) is 12.5 Å². The third-order valence-electron chi connectivity index (χ3n) is 3.88. The van der Waals surface area contributed by atoms with Gasteiger partial charge in [-0.1, -0.05) is 25.1 Å². The van der Waals surface area contributed by atoms with Gasteiger partial charge >= 0.3 is 0 Å². The first-order valence-electron chi connectivity index (χ1n) is 7.05. The molecule has 0 aliphatic rings. The number of hydrogen-bond donors (Lipinski definition) is 2. The van der Waals surface area contributed by atoms with Gasteiger partial charge in [-0.25, -0.2) is 0 Å². The third kappa shape index (κ3) is 3.50. The minimum absolute atomic E-state index is 0.214. The monoisotopic (exact) mass is 273 g/mol. The van der Waals surface area contributed by atoms with Crippen LogP contribution in [-0.4, -0.2) is 24.9 Å². The van der Waals surface area contributed by atoms with Gasteiger partial charge in [0.15, 0.2) is 0 Å². The van der Waals surface area contributed by atoms with Crippen molar-refractivity contribution in [2.24, 2.45) is 5.92 Å². The zero-order valence-corrected chi connectivity index (χ0v) is 12.4. The zero-order valence-electron chi connectivity index (χ0n) is 12.4. The Morgan fingerprint density at radius 1 is 1.10 bits per heavy atom. The van der Waals surface area contributed by atoms with Crippen LogP contribution in [0.1, 0.15) is 19.4 Å². The van der Waals surface area contributed by atoms with Gasteiger partial charge in [-0.15, -0.1) is 0 Å². The molecule has 0 aliphatic carbocycles. The molecule has 0 amide bonds. The normalized spacial score (nSPS) is 14.2. The Morgan fingerprint density at radius 3 is 2.50 bits per heavy atom. The Kier molecular flexibility index (Phi) is 4.99. The molecular weight excluding hydrogens is 250 g/mol. The molecule has 2 aromatic rings. The molecule has 0 bridgehead atoms. The molecule has 0 radical (unpaired) electrons. The number of nitrogens with one attached hydrogen (secondary N) is 1. The number of ether oxygens (including phenoxy) is 1. The number of benzene rings is 2. The van der Waals surface area contributed by atoms with Crippen LogP contribution >= 0.6 is 0 Å². The summed E-state index contributed by atoms with van der Waals surface area (Å²) in [5.74, 6) is 1.15. The van der Waals surface area contributed by atoms with Gasteiger partial charge in [0.05, 0.1) is 7.11 Å². The standard InChI is InChI=1S/C17H23NO2/c1-12(11-19)13(2)18-10-14-4-5-16-9-17(20-3)7-6-15(16)8-14/h4-9,12-13,18-19H,10-11H2,1-3H3. The lowest BCUT2D eigenvalue weighted by Crippen LogP contribution is -2.33. The first-order chi connectivity index (χ1) is 9.63. The van der Waals surface area contributed by atoms with Crippen LogP contribution in [0.15, 0.2) is 36.4 Å². The fraction of sp³-hybridized carbons (Fsp3) is 0.412. The molecular formula is C17H23NO2. The molecule has 2 aromatic carbocycles. The van der Waals surface area contributed by atoms with Crippen molar-refractivity contribution in [3.05, 3.63) is 42.0 Å². The molecule has 0 saturated heterocycles. The number of aliphatic hydroxyl groups is 1. The van der Waals surface area contributed by atoms with E-state index in [0.717, 1.165) is 12.3 Å². The lowest BCUT2D eigenvalue weighted by Gasteiger charge is -2.19. The molecule has 0 saturated carbocycles. The molecule has 0 heterocycles. The molecule has 3 nitrogen and oxygen atoms in total. The van der Waals surface area contributed by atoms with Crippen molar-refractivity contribution in [2.75, 3.05) is 13.7 Å². The van der Waals surface area contributed by atoms with E-state index in [1.807, 2.05) is 19.1 Å². The van der Waals surface area contributed by atoms with Gasteiger partial charge in [0.25, 0.3) is 0 Å². The summed E-state index contributed by atoms with van der Waals surface area (Å²) in [7, 11) is 1.68. The number of methoxy groups -OCH3 is 1. The number of rotatable bonds is 6. The summed E-state index contributed by atoms with van der Waals surface area (Å²) in [5, 5.41) is 15.0. The van der Waals surface area contributed by atoms with Crippen LogP contribution in [0.4, 0.5) is 0 Å². The summed E-state index contributed by atoms with van der Waals surface area (Å²) in [5.41, 5.74) is 1.25. The molecule has 2 N–H and O–H groups in total. The smallest absolute Gasteiger partial charge is 0.119 e.